The Morgan fingerprint density at radius 3 is 2.63 bits per heavy atom. The Hall–Kier alpha value is -1.80. The number of hydrogen-bond acceptors (Lipinski definition) is 6. The summed E-state index contributed by atoms with van der Waals surface area (Å²) >= 11 is 3.17. The Kier molecular flexibility index (Phi) is 9.42. The van der Waals surface area contributed by atoms with Crippen molar-refractivity contribution in [3.05, 3.63) is 48.0 Å². The van der Waals surface area contributed by atoms with Gasteiger partial charge in [-0.05, 0) is 70.6 Å². The summed E-state index contributed by atoms with van der Waals surface area (Å²) in [6.07, 6.45) is 2.89. The van der Waals surface area contributed by atoms with Crippen LogP contribution in [0.15, 0.2) is 47.4 Å². The summed E-state index contributed by atoms with van der Waals surface area (Å²) in [5.41, 5.74) is 1.50. The largest absolute Gasteiger partial charge is 0.492 e. The van der Waals surface area contributed by atoms with Crippen molar-refractivity contribution < 1.29 is 9.53 Å². The number of nitrogens with zero attached hydrogens (tertiary/aromatic N) is 3. The number of fused-ring (bicyclic) bond motifs is 1. The number of anilines is 1. The summed E-state index contributed by atoms with van der Waals surface area (Å²) in [6, 6.07) is 13.7. The topological polar surface area (TPSA) is 45.7 Å². The number of ether oxygens (including phenoxy) is 1. The monoisotopic (exact) mass is 465 g/mol. The van der Waals surface area contributed by atoms with E-state index in [1.807, 2.05) is 74.6 Å². The Morgan fingerprint density at radius 1 is 1.17 bits per heavy atom. The highest BCUT2D eigenvalue weighted by atomic mass is 35.5. The van der Waals surface area contributed by atoms with E-state index in [1.165, 1.54) is 11.3 Å². The molecule has 0 aliphatic heterocycles. The van der Waals surface area contributed by atoms with Gasteiger partial charge in [0.15, 0.2) is 5.13 Å². The zero-order chi connectivity index (χ0) is 20.8. The summed E-state index contributed by atoms with van der Waals surface area (Å²) in [6.45, 7) is 4.06. The number of amides is 1. The van der Waals surface area contributed by atoms with E-state index in [-0.39, 0.29) is 18.3 Å². The lowest BCUT2D eigenvalue weighted by Crippen LogP contribution is -2.33. The van der Waals surface area contributed by atoms with E-state index in [9.17, 15) is 4.79 Å². The molecule has 0 saturated carbocycles. The molecular formula is C22H28ClN3O2S2. The maximum absolute atomic E-state index is 13.4. The second kappa shape index (κ2) is 11.6. The normalized spacial score (nSPS) is 10.8. The minimum absolute atomic E-state index is 0. The maximum atomic E-state index is 13.4. The lowest BCUT2D eigenvalue weighted by atomic mass is 10.2. The van der Waals surface area contributed by atoms with Crippen LogP contribution in [-0.4, -0.2) is 55.8 Å². The fraction of sp³-hybridized carbons (Fsp3) is 0.364. The number of thioether (sulfide) groups is 1. The van der Waals surface area contributed by atoms with Gasteiger partial charge in [-0.25, -0.2) is 4.98 Å². The minimum atomic E-state index is -0.0170. The molecule has 8 heteroatoms. The highest BCUT2D eigenvalue weighted by Crippen LogP contribution is 2.35. The lowest BCUT2D eigenvalue weighted by molar-refractivity contribution is 0.0986. The first-order chi connectivity index (χ1) is 14.0. The molecule has 0 spiro atoms. The van der Waals surface area contributed by atoms with Crippen LogP contribution in [0, 0.1) is 0 Å². The molecule has 0 N–H and O–H groups in total. The third kappa shape index (κ3) is 5.88. The van der Waals surface area contributed by atoms with Crippen molar-refractivity contribution in [1.29, 1.82) is 0 Å². The molecule has 30 heavy (non-hydrogen) atoms. The average Bonchev–Trinajstić information content (AvgIpc) is 3.16. The lowest BCUT2D eigenvalue weighted by Gasteiger charge is -2.21. The molecule has 0 aliphatic rings. The van der Waals surface area contributed by atoms with Crippen LogP contribution in [-0.2, 0) is 0 Å². The Labute approximate surface area is 192 Å². The zero-order valence-corrected chi connectivity index (χ0v) is 20.2. The molecule has 1 amide bonds. The third-order valence-electron chi connectivity index (χ3n) is 4.45. The molecule has 3 rings (SSSR count). The molecule has 0 radical (unpaired) electrons. The molecule has 3 aromatic rings. The van der Waals surface area contributed by atoms with Crippen LogP contribution in [0.4, 0.5) is 5.13 Å². The van der Waals surface area contributed by atoms with Crippen molar-refractivity contribution in [2.24, 2.45) is 0 Å². The van der Waals surface area contributed by atoms with Gasteiger partial charge in [-0.2, -0.15) is 0 Å². The van der Waals surface area contributed by atoms with Crippen molar-refractivity contribution in [2.75, 3.05) is 44.9 Å². The first-order valence-electron chi connectivity index (χ1n) is 9.66. The van der Waals surface area contributed by atoms with Crippen LogP contribution in [0.5, 0.6) is 5.75 Å². The van der Waals surface area contributed by atoms with Crippen LogP contribution < -0.4 is 9.64 Å². The van der Waals surface area contributed by atoms with E-state index in [0.29, 0.717) is 23.8 Å². The van der Waals surface area contributed by atoms with Gasteiger partial charge in [-0.3, -0.25) is 9.69 Å². The second-order valence-corrected chi connectivity index (χ2v) is 8.77. The molecule has 1 heterocycles. The predicted octanol–water partition coefficient (Wildman–Crippen LogP) is 5.44. The zero-order valence-electron chi connectivity index (χ0n) is 17.8. The molecule has 0 saturated heterocycles. The predicted molar refractivity (Wildman–Crippen MR) is 131 cm³/mol. The van der Waals surface area contributed by atoms with Gasteiger partial charge < -0.3 is 9.64 Å². The summed E-state index contributed by atoms with van der Waals surface area (Å²) in [5.74, 6) is 0.745. The first-order valence-corrected chi connectivity index (χ1v) is 11.7. The smallest absolute Gasteiger partial charge is 0.260 e. The van der Waals surface area contributed by atoms with E-state index in [2.05, 4.69) is 4.90 Å². The number of aromatic nitrogens is 1. The highest BCUT2D eigenvalue weighted by molar-refractivity contribution is 7.98. The number of thiazole rings is 1. The third-order valence-corrected chi connectivity index (χ3v) is 6.22. The van der Waals surface area contributed by atoms with Gasteiger partial charge in [-0.15, -0.1) is 24.2 Å². The van der Waals surface area contributed by atoms with Crippen molar-refractivity contribution in [2.45, 2.75) is 18.2 Å². The molecule has 2 aromatic carbocycles. The second-order valence-electron chi connectivity index (χ2n) is 6.88. The van der Waals surface area contributed by atoms with Crippen LogP contribution in [0.2, 0.25) is 0 Å². The van der Waals surface area contributed by atoms with E-state index >= 15 is 0 Å². The van der Waals surface area contributed by atoms with E-state index in [1.54, 1.807) is 11.8 Å². The molecule has 0 atom stereocenters. The molecule has 1 aromatic heterocycles. The van der Waals surface area contributed by atoms with Gasteiger partial charge >= 0.3 is 0 Å². The van der Waals surface area contributed by atoms with Gasteiger partial charge in [0.2, 0.25) is 0 Å². The molecular weight excluding hydrogens is 438 g/mol. The quantitative estimate of drug-likeness (QED) is 0.394. The minimum Gasteiger partial charge on any atom is -0.492 e. The molecule has 0 bridgehead atoms. The van der Waals surface area contributed by atoms with Crippen LogP contribution in [0.1, 0.15) is 23.7 Å². The summed E-state index contributed by atoms with van der Waals surface area (Å²) in [7, 11) is 4.08. The number of halogens is 1. The summed E-state index contributed by atoms with van der Waals surface area (Å²) < 4.78 is 6.75. The fourth-order valence-corrected chi connectivity index (χ4v) is 4.51. The fourth-order valence-electron chi connectivity index (χ4n) is 3.04. The average molecular weight is 466 g/mol. The van der Waals surface area contributed by atoms with Crippen LogP contribution in [0.3, 0.4) is 0 Å². The van der Waals surface area contributed by atoms with Gasteiger partial charge in [0.25, 0.3) is 5.91 Å². The summed E-state index contributed by atoms with van der Waals surface area (Å²) in [4.78, 5) is 23.2. The van der Waals surface area contributed by atoms with Gasteiger partial charge in [0, 0.05) is 17.0 Å². The number of rotatable bonds is 9. The standard InChI is InChI=1S/C22H27N3O2S2.ClH/c1-5-27-18-11-7-12-19-20(18)23-22(29-19)25(14-8-13-24(2)3)21(26)16-9-6-10-17(15-16)28-4;/h6-7,9-12,15H,5,8,13-14H2,1-4H3;1H. The van der Waals surface area contributed by atoms with Gasteiger partial charge in [0.1, 0.15) is 11.3 Å². The molecule has 0 fully saturated rings. The SMILES string of the molecule is CCOc1cccc2sc(N(CCCN(C)C)C(=O)c3cccc(SC)c3)nc12.Cl. The molecule has 0 unspecified atom stereocenters. The molecule has 5 nitrogen and oxygen atoms in total. The number of carbonyl (C=O) groups is 1. The Morgan fingerprint density at radius 2 is 1.93 bits per heavy atom. The first kappa shape index (κ1) is 24.5. The summed E-state index contributed by atoms with van der Waals surface area (Å²) in [5, 5.41) is 0.713. The number of para-hydroxylation sites is 1. The number of carbonyl (C=O) groups excluding carboxylic acids is 1. The van der Waals surface area contributed by atoms with Gasteiger partial charge in [-0.1, -0.05) is 23.5 Å². The van der Waals surface area contributed by atoms with Crippen molar-refractivity contribution in [3.8, 4) is 5.75 Å². The maximum Gasteiger partial charge on any atom is 0.260 e. The van der Waals surface area contributed by atoms with Crippen LogP contribution >= 0.6 is 35.5 Å². The highest BCUT2D eigenvalue weighted by Gasteiger charge is 2.22. The van der Waals surface area contributed by atoms with Gasteiger partial charge in [0.05, 0.1) is 11.3 Å². The number of benzene rings is 2. The molecule has 162 valence electrons. The molecule has 0 aliphatic carbocycles. The van der Waals surface area contributed by atoms with E-state index < -0.39 is 0 Å². The number of hydrogen-bond donors (Lipinski definition) is 0. The van der Waals surface area contributed by atoms with E-state index in [4.69, 9.17) is 9.72 Å². The Balaban J connectivity index is 0.00000320. The van der Waals surface area contributed by atoms with Crippen molar-refractivity contribution in [3.63, 3.8) is 0 Å². The van der Waals surface area contributed by atoms with E-state index in [0.717, 1.165) is 33.8 Å². The van der Waals surface area contributed by atoms with Crippen molar-refractivity contribution >= 4 is 56.8 Å². The van der Waals surface area contributed by atoms with Crippen LogP contribution in [0.25, 0.3) is 10.2 Å². The Bertz CT molecular complexity index is 978. The van der Waals surface area contributed by atoms with Crippen molar-refractivity contribution in [1.82, 2.24) is 9.88 Å².